The summed E-state index contributed by atoms with van der Waals surface area (Å²) in [5.74, 6) is -0.878. The van der Waals surface area contributed by atoms with E-state index in [9.17, 15) is 14.0 Å². The smallest absolute Gasteiger partial charge is 0.297 e. The number of fused-ring (bicyclic) bond motifs is 2. The third-order valence-electron chi connectivity index (χ3n) is 5.18. The van der Waals surface area contributed by atoms with Gasteiger partial charge in [-0.05, 0) is 43.2 Å². The Labute approximate surface area is 174 Å². The molecule has 0 aliphatic carbocycles. The Hall–Kier alpha value is -3.39. The molecule has 150 valence electrons. The second-order valence-electron chi connectivity index (χ2n) is 7.13. The van der Waals surface area contributed by atoms with Crippen molar-refractivity contribution in [2.75, 3.05) is 4.90 Å². The fraction of sp³-hybridized carbons (Fsp3) is 0.182. The number of halogens is 1. The van der Waals surface area contributed by atoms with E-state index in [0.717, 1.165) is 10.6 Å². The molecule has 8 heteroatoms. The summed E-state index contributed by atoms with van der Waals surface area (Å²) in [4.78, 5) is 28.2. The lowest BCUT2D eigenvalue weighted by atomic mass is 9.98. The molecule has 6 nitrogen and oxygen atoms in total. The molecule has 0 radical (unpaired) electrons. The Morgan fingerprint density at radius 3 is 2.60 bits per heavy atom. The molecule has 1 aliphatic rings. The van der Waals surface area contributed by atoms with Crippen LogP contribution in [0, 0.1) is 12.7 Å². The zero-order valence-electron chi connectivity index (χ0n) is 16.2. The minimum atomic E-state index is -0.771. The molecule has 1 amide bonds. The van der Waals surface area contributed by atoms with Crippen molar-refractivity contribution in [3.8, 4) is 0 Å². The summed E-state index contributed by atoms with van der Waals surface area (Å²) in [6.45, 7) is 3.83. The standard InChI is InChI=1S/C22H16FN3O3S/c1-3-16-24-25-22(30-16)26-18(12-5-7-13(23)8-6-12)17-19(27)14-10-11(2)4-9-15(14)29-20(17)21(26)28/h4-10,18H,3H2,1-2H3. The molecule has 30 heavy (non-hydrogen) atoms. The Kier molecular flexibility index (Phi) is 4.25. The van der Waals surface area contributed by atoms with E-state index < -0.39 is 17.8 Å². The highest BCUT2D eigenvalue weighted by molar-refractivity contribution is 7.15. The maximum Gasteiger partial charge on any atom is 0.297 e. The van der Waals surface area contributed by atoms with E-state index in [2.05, 4.69) is 10.2 Å². The molecule has 0 N–H and O–H groups in total. The zero-order chi connectivity index (χ0) is 21.0. The monoisotopic (exact) mass is 421 g/mol. The number of carbonyl (C=O) groups is 1. The van der Waals surface area contributed by atoms with Crippen molar-refractivity contribution in [2.45, 2.75) is 26.3 Å². The summed E-state index contributed by atoms with van der Waals surface area (Å²) in [6.07, 6.45) is 0.675. The van der Waals surface area contributed by atoms with Gasteiger partial charge in [-0.25, -0.2) is 4.39 Å². The molecule has 0 saturated carbocycles. The third kappa shape index (κ3) is 2.75. The first-order valence-electron chi connectivity index (χ1n) is 9.46. The van der Waals surface area contributed by atoms with Gasteiger partial charge in [-0.3, -0.25) is 14.5 Å². The quantitative estimate of drug-likeness (QED) is 0.490. The number of carbonyl (C=O) groups excluding carboxylic acids is 1. The van der Waals surface area contributed by atoms with Gasteiger partial charge in [-0.2, -0.15) is 0 Å². The van der Waals surface area contributed by atoms with E-state index in [1.54, 1.807) is 24.3 Å². The van der Waals surface area contributed by atoms with Gasteiger partial charge >= 0.3 is 0 Å². The van der Waals surface area contributed by atoms with E-state index in [4.69, 9.17) is 4.42 Å². The van der Waals surface area contributed by atoms with Crippen LogP contribution in [0.1, 0.15) is 45.2 Å². The molecule has 0 bridgehead atoms. The molecule has 0 spiro atoms. The molecule has 0 saturated heterocycles. The maximum atomic E-state index is 13.6. The lowest BCUT2D eigenvalue weighted by Crippen LogP contribution is -2.29. The van der Waals surface area contributed by atoms with Crippen LogP contribution in [0.5, 0.6) is 0 Å². The van der Waals surface area contributed by atoms with Crippen LogP contribution in [-0.2, 0) is 6.42 Å². The summed E-state index contributed by atoms with van der Waals surface area (Å²) in [5.41, 5.74) is 1.81. The van der Waals surface area contributed by atoms with E-state index in [0.29, 0.717) is 28.1 Å². The van der Waals surface area contributed by atoms with E-state index >= 15 is 0 Å². The molecule has 1 atom stereocenters. The highest BCUT2D eigenvalue weighted by Gasteiger charge is 2.45. The zero-order valence-corrected chi connectivity index (χ0v) is 17.0. The van der Waals surface area contributed by atoms with Gasteiger partial charge in [0.15, 0.2) is 5.43 Å². The molecule has 1 unspecified atom stereocenters. The van der Waals surface area contributed by atoms with Gasteiger partial charge < -0.3 is 4.42 Å². The Morgan fingerprint density at radius 1 is 1.13 bits per heavy atom. The number of aryl methyl sites for hydroxylation is 2. The van der Waals surface area contributed by atoms with Crippen molar-refractivity contribution in [2.24, 2.45) is 0 Å². The minimum Gasteiger partial charge on any atom is -0.450 e. The Bertz CT molecular complexity index is 1360. The predicted molar refractivity (Wildman–Crippen MR) is 112 cm³/mol. The fourth-order valence-corrected chi connectivity index (χ4v) is 4.53. The number of nitrogens with zero attached hydrogens (tertiary/aromatic N) is 3. The van der Waals surface area contributed by atoms with Gasteiger partial charge in [-0.1, -0.05) is 42.0 Å². The van der Waals surface area contributed by atoms with Gasteiger partial charge in [0.05, 0.1) is 17.0 Å². The summed E-state index contributed by atoms with van der Waals surface area (Å²) < 4.78 is 19.5. The molecule has 4 aromatic rings. The van der Waals surface area contributed by atoms with E-state index in [-0.39, 0.29) is 16.8 Å². The normalized spacial score (nSPS) is 15.8. The van der Waals surface area contributed by atoms with Crippen molar-refractivity contribution < 1.29 is 13.6 Å². The van der Waals surface area contributed by atoms with Gasteiger partial charge in [0.1, 0.15) is 16.4 Å². The summed E-state index contributed by atoms with van der Waals surface area (Å²) in [6, 6.07) is 10.2. The second-order valence-corrected chi connectivity index (χ2v) is 8.18. The first kappa shape index (κ1) is 18.6. The Balaban J connectivity index is 1.80. The van der Waals surface area contributed by atoms with Gasteiger partial charge in [0.2, 0.25) is 10.9 Å². The van der Waals surface area contributed by atoms with Crippen LogP contribution in [0.25, 0.3) is 11.0 Å². The van der Waals surface area contributed by atoms with Crippen LogP contribution in [0.15, 0.2) is 51.7 Å². The topological polar surface area (TPSA) is 76.3 Å². The summed E-state index contributed by atoms with van der Waals surface area (Å²) in [5, 5.41) is 9.83. The van der Waals surface area contributed by atoms with Crippen LogP contribution in [0.2, 0.25) is 0 Å². The van der Waals surface area contributed by atoms with Gasteiger partial charge in [-0.15, -0.1) is 10.2 Å². The summed E-state index contributed by atoms with van der Waals surface area (Å²) in [7, 11) is 0. The minimum absolute atomic E-state index is 0.0149. The molecule has 2 aromatic carbocycles. The van der Waals surface area contributed by atoms with Gasteiger partial charge in [0.25, 0.3) is 5.91 Å². The molecule has 3 heterocycles. The number of anilines is 1. The number of hydrogen-bond acceptors (Lipinski definition) is 6. The average molecular weight is 421 g/mol. The molecule has 5 rings (SSSR count). The number of amides is 1. The number of rotatable bonds is 3. The molecule has 1 aliphatic heterocycles. The van der Waals surface area contributed by atoms with Crippen LogP contribution >= 0.6 is 11.3 Å². The highest BCUT2D eigenvalue weighted by atomic mass is 32.1. The largest absolute Gasteiger partial charge is 0.450 e. The highest BCUT2D eigenvalue weighted by Crippen LogP contribution is 2.42. The van der Waals surface area contributed by atoms with Crippen LogP contribution in [0.4, 0.5) is 9.52 Å². The lowest BCUT2D eigenvalue weighted by Gasteiger charge is -2.22. The molecular formula is C22H16FN3O3S. The first-order valence-corrected chi connectivity index (χ1v) is 10.3. The van der Waals surface area contributed by atoms with Gasteiger partial charge in [0, 0.05) is 0 Å². The summed E-state index contributed by atoms with van der Waals surface area (Å²) >= 11 is 1.28. The average Bonchev–Trinajstić information content (AvgIpc) is 3.32. The van der Waals surface area contributed by atoms with Crippen molar-refractivity contribution >= 4 is 33.3 Å². The van der Waals surface area contributed by atoms with Crippen LogP contribution < -0.4 is 10.3 Å². The predicted octanol–water partition coefficient (Wildman–Crippen LogP) is 4.40. The molecular weight excluding hydrogens is 405 g/mol. The van der Waals surface area contributed by atoms with Crippen LogP contribution in [-0.4, -0.2) is 16.1 Å². The van der Waals surface area contributed by atoms with Crippen molar-refractivity contribution in [1.29, 1.82) is 0 Å². The fourth-order valence-electron chi connectivity index (χ4n) is 3.73. The first-order chi connectivity index (χ1) is 14.5. The van der Waals surface area contributed by atoms with E-state index in [1.165, 1.54) is 28.4 Å². The number of hydrogen-bond donors (Lipinski definition) is 0. The van der Waals surface area contributed by atoms with Crippen molar-refractivity contribution in [3.05, 3.63) is 86.0 Å². The van der Waals surface area contributed by atoms with E-state index in [1.807, 2.05) is 19.9 Å². The van der Waals surface area contributed by atoms with Crippen molar-refractivity contribution in [3.63, 3.8) is 0 Å². The second kappa shape index (κ2) is 6.84. The Morgan fingerprint density at radius 2 is 1.90 bits per heavy atom. The number of benzene rings is 2. The maximum absolute atomic E-state index is 13.6. The SMILES string of the molecule is CCc1nnc(N2C(=O)c3oc4ccc(C)cc4c(=O)c3C2c2ccc(F)cc2)s1. The molecule has 2 aromatic heterocycles. The number of aromatic nitrogens is 2. The lowest BCUT2D eigenvalue weighted by molar-refractivity contribution is 0.0970. The third-order valence-corrected chi connectivity index (χ3v) is 6.24. The molecule has 0 fully saturated rings. The van der Waals surface area contributed by atoms with Crippen LogP contribution in [0.3, 0.4) is 0 Å². The van der Waals surface area contributed by atoms with Crippen molar-refractivity contribution in [1.82, 2.24) is 10.2 Å².